The number of ether oxygens (including phenoxy) is 1. The molecule has 0 aromatic carbocycles. The normalized spacial score (nSPS) is 18.8. The Morgan fingerprint density at radius 3 is 2.75 bits per heavy atom. The Bertz CT molecular complexity index is 339. The minimum atomic E-state index is -3.36. The summed E-state index contributed by atoms with van der Waals surface area (Å²) in [7, 11) is -3.36. The Morgan fingerprint density at radius 1 is 1.50 bits per heavy atom. The Hall–Kier alpha value is -0.660. The first-order chi connectivity index (χ1) is 7.42. The van der Waals surface area contributed by atoms with Crippen molar-refractivity contribution in [2.75, 3.05) is 32.0 Å². The molecule has 94 valence electrons. The number of rotatable bonds is 5. The van der Waals surface area contributed by atoms with Crippen LogP contribution in [0.25, 0.3) is 0 Å². The fraction of sp³-hybridized carbons (Fsp3) is 0.889. The largest absolute Gasteiger partial charge is 0.378 e. The molecule has 0 bridgehead atoms. The molecule has 1 amide bonds. The lowest BCUT2D eigenvalue weighted by Gasteiger charge is -2.25. The van der Waals surface area contributed by atoms with Crippen molar-refractivity contribution in [2.24, 2.45) is 0 Å². The highest BCUT2D eigenvalue weighted by Gasteiger charge is 2.27. The molecule has 16 heavy (non-hydrogen) atoms. The molecule has 1 rings (SSSR count). The predicted molar refractivity (Wildman–Crippen MR) is 59.5 cm³/mol. The third-order valence-electron chi connectivity index (χ3n) is 2.19. The van der Waals surface area contributed by atoms with Gasteiger partial charge in [0.15, 0.2) is 0 Å². The van der Waals surface area contributed by atoms with Gasteiger partial charge in [0.05, 0.1) is 25.0 Å². The molecule has 7 heteroatoms. The Labute approximate surface area is 96.0 Å². The molecule has 1 aliphatic rings. The molecule has 1 saturated heterocycles. The maximum Gasteiger partial charge on any atom is 0.235 e. The van der Waals surface area contributed by atoms with E-state index in [1.165, 1.54) is 4.31 Å². The van der Waals surface area contributed by atoms with E-state index in [1.54, 1.807) is 0 Å². The molecule has 0 spiro atoms. The van der Waals surface area contributed by atoms with Crippen LogP contribution in [0.2, 0.25) is 0 Å². The molecule has 1 fully saturated rings. The van der Waals surface area contributed by atoms with E-state index in [0.717, 1.165) is 0 Å². The van der Waals surface area contributed by atoms with Gasteiger partial charge in [0.25, 0.3) is 0 Å². The van der Waals surface area contributed by atoms with E-state index < -0.39 is 10.0 Å². The molecule has 1 heterocycles. The number of hydrogen-bond donors (Lipinski definition) is 1. The van der Waals surface area contributed by atoms with E-state index in [9.17, 15) is 13.2 Å². The van der Waals surface area contributed by atoms with Crippen LogP contribution in [0.3, 0.4) is 0 Å². The lowest BCUT2D eigenvalue weighted by atomic mass is 10.4. The standard InChI is InChI=1S/C9H18N2O4S/c1-8(2)15-5-6-16(13,14)11-4-3-10-9(12)7-11/h8H,3-7H2,1-2H3,(H,10,12). The molecule has 6 nitrogen and oxygen atoms in total. The summed E-state index contributed by atoms with van der Waals surface area (Å²) in [5.74, 6) is -0.321. The number of amides is 1. The van der Waals surface area contributed by atoms with E-state index >= 15 is 0 Å². The Morgan fingerprint density at radius 2 is 2.19 bits per heavy atom. The molecule has 0 aliphatic carbocycles. The van der Waals surface area contributed by atoms with Gasteiger partial charge < -0.3 is 10.1 Å². The number of carbonyl (C=O) groups is 1. The van der Waals surface area contributed by atoms with Crippen molar-refractivity contribution in [3.63, 3.8) is 0 Å². The monoisotopic (exact) mass is 250 g/mol. The van der Waals surface area contributed by atoms with Gasteiger partial charge in [-0.05, 0) is 13.8 Å². The summed E-state index contributed by atoms with van der Waals surface area (Å²) in [6.07, 6.45) is 0.0138. The van der Waals surface area contributed by atoms with Crippen molar-refractivity contribution < 1.29 is 17.9 Å². The van der Waals surface area contributed by atoms with Crippen LogP contribution >= 0.6 is 0 Å². The van der Waals surface area contributed by atoms with Crippen molar-refractivity contribution in [1.29, 1.82) is 0 Å². The van der Waals surface area contributed by atoms with Crippen LogP contribution in [0.1, 0.15) is 13.8 Å². The van der Waals surface area contributed by atoms with Gasteiger partial charge in [0, 0.05) is 13.1 Å². The van der Waals surface area contributed by atoms with Crippen molar-refractivity contribution in [1.82, 2.24) is 9.62 Å². The van der Waals surface area contributed by atoms with E-state index in [4.69, 9.17) is 4.74 Å². The van der Waals surface area contributed by atoms with Gasteiger partial charge >= 0.3 is 0 Å². The quantitative estimate of drug-likeness (QED) is 0.691. The Balaban J connectivity index is 2.46. The van der Waals surface area contributed by atoms with Gasteiger partial charge in [0.1, 0.15) is 0 Å². The van der Waals surface area contributed by atoms with E-state index in [0.29, 0.717) is 13.1 Å². The molecule has 0 saturated carbocycles. The zero-order valence-electron chi connectivity index (χ0n) is 9.60. The topological polar surface area (TPSA) is 75.7 Å². The van der Waals surface area contributed by atoms with Gasteiger partial charge in [-0.1, -0.05) is 0 Å². The lowest BCUT2D eigenvalue weighted by Crippen LogP contribution is -2.50. The number of hydrogen-bond acceptors (Lipinski definition) is 4. The SMILES string of the molecule is CC(C)OCCS(=O)(=O)N1CCNC(=O)C1. The summed E-state index contributed by atoms with van der Waals surface area (Å²) < 4.78 is 29.9. The van der Waals surface area contributed by atoms with Gasteiger partial charge in [-0.25, -0.2) is 8.42 Å². The summed E-state index contributed by atoms with van der Waals surface area (Å²) in [5, 5.41) is 2.58. The third kappa shape index (κ3) is 4.07. The maximum atomic E-state index is 11.8. The minimum Gasteiger partial charge on any atom is -0.378 e. The maximum absolute atomic E-state index is 11.8. The highest BCUT2D eigenvalue weighted by molar-refractivity contribution is 7.89. The van der Waals surface area contributed by atoms with Crippen LogP contribution in [0.15, 0.2) is 0 Å². The van der Waals surface area contributed by atoms with Crippen LogP contribution in [-0.4, -0.2) is 56.7 Å². The molecule has 0 aromatic rings. The fourth-order valence-electron chi connectivity index (χ4n) is 1.37. The van der Waals surface area contributed by atoms with E-state index in [2.05, 4.69) is 5.32 Å². The molecular formula is C9H18N2O4S. The summed E-state index contributed by atoms with van der Waals surface area (Å²) in [5.41, 5.74) is 0. The van der Waals surface area contributed by atoms with Crippen LogP contribution in [0.4, 0.5) is 0 Å². The molecule has 1 aliphatic heterocycles. The highest BCUT2D eigenvalue weighted by atomic mass is 32.2. The summed E-state index contributed by atoms with van der Waals surface area (Å²) in [6, 6.07) is 0. The van der Waals surface area contributed by atoms with E-state index in [1.807, 2.05) is 13.8 Å². The molecule has 1 N–H and O–H groups in total. The predicted octanol–water partition coefficient (Wildman–Crippen LogP) is -0.827. The first-order valence-corrected chi connectivity index (χ1v) is 6.89. The van der Waals surface area contributed by atoms with Crippen molar-refractivity contribution in [2.45, 2.75) is 20.0 Å². The van der Waals surface area contributed by atoms with E-state index in [-0.39, 0.29) is 30.9 Å². The Kier molecular flexibility index (Phi) is 4.69. The molecule has 0 radical (unpaired) electrons. The van der Waals surface area contributed by atoms with Crippen LogP contribution in [0.5, 0.6) is 0 Å². The number of piperazine rings is 1. The fourth-order valence-corrected chi connectivity index (χ4v) is 2.62. The second-order valence-corrected chi connectivity index (χ2v) is 6.01. The van der Waals surface area contributed by atoms with Gasteiger partial charge in [-0.15, -0.1) is 0 Å². The van der Waals surface area contributed by atoms with Crippen LogP contribution < -0.4 is 5.32 Å². The second-order valence-electron chi connectivity index (χ2n) is 3.92. The first kappa shape index (κ1) is 13.4. The number of sulfonamides is 1. The third-order valence-corrected chi connectivity index (χ3v) is 3.97. The number of carbonyl (C=O) groups excluding carboxylic acids is 1. The summed E-state index contributed by atoms with van der Waals surface area (Å²) in [4.78, 5) is 11.1. The van der Waals surface area contributed by atoms with Crippen molar-refractivity contribution in [3.05, 3.63) is 0 Å². The van der Waals surface area contributed by atoms with Crippen LogP contribution in [0, 0.1) is 0 Å². The molecule has 0 atom stereocenters. The first-order valence-electron chi connectivity index (χ1n) is 5.28. The minimum absolute atomic E-state index is 0.0138. The zero-order valence-corrected chi connectivity index (χ0v) is 10.4. The second kappa shape index (κ2) is 5.60. The lowest BCUT2D eigenvalue weighted by molar-refractivity contribution is -0.122. The van der Waals surface area contributed by atoms with Crippen molar-refractivity contribution in [3.8, 4) is 0 Å². The van der Waals surface area contributed by atoms with Gasteiger partial charge in [-0.2, -0.15) is 4.31 Å². The average Bonchev–Trinajstić information content (AvgIpc) is 2.16. The van der Waals surface area contributed by atoms with Crippen LogP contribution in [-0.2, 0) is 19.6 Å². The molecule has 0 aromatic heterocycles. The number of nitrogens with one attached hydrogen (secondary N) is 1. The number of nitrogens with zero attached hydrogens (tertiary/aromatic N) is 1. The molecule has 0 unspecified atom stereocenters. The van der Waals surface area contributed by atoms with Gasteiger partial charge in [0.2, 0.25) is 15.9 Å². The summed E-state index contributed by atoms with van der Waals surface area (Å²) >= 11 is 0. The van der Waals surface area contributed by atoms with Gasteiger partial charge in [-0.3, -0.25) is 4.79 Å². The highest BCUT2D eigenvalue weighted by Crippen LogP contribution is 2.04. The van der Waals surface area contributed by atoms with Crippen molar-refractivity contribution >= 4 is 15.9 Å². The smallest absolute Gasteiger partial charge is 0.235 e. The molecular weight excluding hydrogens is 232 g/mol. The zero-order chi connectivity index (χ0) is 12.2. The summed E-state index contributed by atoms with van der Waals surface area (Å²) in [6.45, 7) is 4.50. The average molecular weight is 250 g/mol.